The van der Waals surface area contributed by atoms with E-state index in [0.717, 1.165) is 9.26 Å². The van der Waals surface area contributed by atoms with E-state index in [2.05, 4.69) is 43.0 Å². The van der Waals surface area contributed by atoms with Crippen LogP contribution in [0.2, 0.25) is 0 Å². The van der Waals surface area contributed by atoms with Crippen LogP contribution in [0, 0.1) is 3.57 Å². The lowest BCUT2D eigenvalue weighted by Crippen LogP contribution is -2.29. The minimum absolute atomic E-state index is 0.137. The Kier molecular flexibility index (Phi) is 4.52. The van der Waals surface area contributed by atoms with Crippen molar-refractivity contribution in [3.05, 3.63) is 74.7 Å². The first-order valence-electron chi connectivity index (χ1n) is 8.24. The number of anilines is 2. The van der Waals surface area contributed by atoms with Crippen LogP contribution in [0.1, 0.15) is 18.8 Å². The molecule has 0 aliphatic rings. The molecule has 3 aromatic heterocycles. The first-order valence-corrected chi connectivity index (χ1v) is 9.32. The maximum Gasteiger partial charge on any atom is 0.282 e. The molecule has 4 aromatic rings. The van der Waals surface area contributed by atoms with E-state index >= 15 is 0 Å². The Hall–Kier alpha value is -2.95. The summed E-state index contributed by atoms with van der Waals surface area (Å²) in [6.45, 7) is 1.92. The summed E-state index contributed by atoms with van der Waals surface area (Å²) in [5.74, 6) is 1.55. The maximum absolute atomic E-state index is 13.1. The standard InChI is InChI=1S/C18H16IN7O/c1-11(23-16-14(19)15(20)21-10-22-16)17-24-25-9-5-8-13(25)18(27)26(17)12-6-3-2-4-7-12/h2-11H,1H3,(H3,20,21,22,23)/t11-/m0/s1. The van der Waals surface area contributed by atoms with Gasteiger partial charge < -0.3 is 11.1 Å². The second-order valence-electron chi connectivity index (χ2n) is 5.96. The van der Waals surface area contributed by atoms with Crippen molar-refractivity contribution in [2.75, 3.05) is 11.1 Å². The van der Waals surface area contributed by atoms with Gasteiger partial charge in [0.15, 0.2) is 5.82 Å². The normalized spacial score (nSPS) is 12.2. The number of hydrogen-bond donors (Lipinski definition) is 2. The summed E-state index contributed by atoms with van der Waals surface area (Å²) in [5, 5.41) is 7.95. The molecule has 8 nitrogen and oxygen atoms in total. The number of hydrogen-bond acceptors (Lipinski definition) is 6. The molecule has 3 N–H and O–H groups in total. The molecule has 1 atom stereocenters. The smallest absolute Gasteiger partial charge is 0.282 e. The van der Waals surface area contributed by atoms with Gasteiger partial charge in [0.05, 0.1) is 15.3 Å². The van der Waals surface area contributed by atoms with Gasteiger partial charge in [-0.05, 0) is 53.8 Å². The first kappa shape index (κ1) is 17.5. The Bertz CT molecular complexity index is 1170. The van der Waals surface area contributed by atoms with Crippen LogP contribution in [0.4, 0.5) is 11.6 Å². The zero-order valence-electron chi connectivity index (χ0n) is 14.4. The van der Waals surface area contributed by atoms with E-state index in [1.54, 1.807) is 27.4 Å². The zero-order chi connectivity index (χ0) is 19.0. The van der Waals surface area contributed by atoms with Crippen LogP contribution in [0.25, 0.3) is 11.2 Å². The Morgan fingerprint density at radius 3 is 2.70 bits per heavy atom. The van der Waals surface area contributed by atoms with Crippen molar-refractivity contribution in [2.45, 2.75) is 13.0 Å². The highest BCUT2D eigenvalue weighted by atomic mass is 127. The monoisotopic (exact) mass is 473 g/mol. The SMILES string of the molecule is C[C@H](Nc1ncnc(N)c1I)c1nn2cccc2c(=O)n1-c1ccccc1. The van der Waals surface area contributed by atoms with Crippen LogP contribution in [-0.2, 0) is 0 Å². The molecule has 4 rings (SSSR count). The number of para-hydroxylation sites is 1. The summed E-state index contributed by atoms with van der Waals surface area (Å²) in [6, 6.07) is 12.7. The molecule has 0 radical (unpaired) electrons. The zero-order valence-corrected chi connectivity index (χ0v) is 16.5. The summed E-state index contributed by atoms with van der Waals surface area (Å²) in [7, 11) is 0. The number of nitrogens with one attached hydrogen (secondary N) is 1. The molecular weight excluding hydrogens is 457 g/mol. The van der Waals surface area contributed by atoms with Crippen molar-refractivity contribution in [1.82, 2.24) is 24.1 Å². The van der Waals surface area contributed by atoms with Crippen molar-refractivity contribution < 1.29 is 0 Å². The lowest BCUT2D eigenvalue weighted by atomic mass is 10.2. The van der Waals surface area contributed by atoms with Crippen LogP contribution in [0.15, 0.2) is 59.8 Å². The van der Waals surface area contributed by atoms with E-state index in [9.17, 15) is 4.79 Å². The number of aromatic nitrogens is 5. The van der Waals surface area contributed by atoms with Gasteiger partial charge in [0.2, 0.25) is 0 Å². The number of nitrogens with two attached hydrogens (primary N) is 1. The maximum atomic E-state index is 13.1. The van der Waals surface area contributed by atoms with Gasteiger partial charge in [0.25, 0.3) is 5.56 Å². The molecular formula is C18H16IN7O. The van der Waals surface area contributed by atoms with E-state index in [1.807, 2.05) is 37.3 Å². The van der Waals surface area contributed by atoms with Gasteiger partial charge in [-0.1, -0.05) is 18.2 Å². The van der Waals surface area contributed by atoms with Crippen LogP contribution in [-0.4, -0.2) is 24.1 Å². The van der Waals surface area contributed by atoms with Crippen LogP contribution in [0.3, 0.4) is 0 Å². The minimum Gasteiger partial charge on any atom is -0.383 e. The summed E-state index contributed by atoms with van der Waals surface area (Å²) < 4.78 is 3.93. The molecule has 0 amide bonds. The molecule has 0 spiro atoms. The van der Waals surface area contributed by atoms with E-state index in [1.165, 1.54) is 6.33 Å². The van der Waals surface area contributed by atoms with E-state index in [0.29, 0.717) is 23.0 Å². The average molecular weight is 473 g/mol. The van der Waals surface area contributed by atoms with E-state index in [-0.39, 0.29) is 11.6 Å². The van der Waals surface area contributed by atoms with Gasteiger partial charge in [-0.15, -0.1) is 0 Å². The topological polar surface area (TPSA) is 103 Å². The second kappa shape index (κ2) is 6.99. The van der Waals surface area contributed by atoms with Crippen molar-refractivity contribution in [1.29, 1.82) is 0 Å². The molecule has 0 aliphatic carbocycles. The Morgan fingerprint density at radius 1 is 1.15 bits per heavy atom. The van der Waals surface area contributed by atoms with Crippen LogP contribution >= 0.6 is 22.6 Å². The van der Waals surface area contributed by atoms with E-state index < -0.39 is 0 Å². The summed E-state index contributed by atoms with van der Waals surface area (Å²) >= 11 is 2.09. The number of nitrogen functional groups attached to an aromatic ring is 1. The number of rotatable bonds is 4. The molecule has 0 unspecified atom stereocenters. The van der Waals surface area contributed by atoms with Crippen molar-refractivity contribution in [2.24, 2.45) is 0 Å². The third-order valence-electron chi connectivity index (χ3n) is 4.16. The quantitative estimate of drug-likeness (QED) is 0.442. The van der Waals surface area contributed by atoms with Gasteiger partial charge in [-0.2, -0.15) is 5.10 Å². The molecule has 1 aromatic carbocycles. The van der Waals surface area contributed by atoms with Crippen LogP contribution in [0.5, 0.6) is 0 Å². The number of fused-ring (bicyclic) bond motifs is 1. The highest BCUT2D eigenvalue weighted by molar-refractivity contribution is 14.1. The predicted molar refractivity (Wildman–Crippen MR) is 112 cm³/mol. The lowest BCUT2D eigenvalue weighted by Gasteiger charge is -2.20. The van der Waals surface area contributed by atoms with Crippen molar-refractivity contribution in [3.8, 4) is 5.69 Å². The fourth-order valence-corrected chi connectivity index (χ4v) is 3.30. The first-order chi connectivity index (χ1) is 13.1. The summed E-state index contributed by atoms with van der Waals surface area (Å²) in [5.41, 5.74) is 6.99. The van der Waals surface area contributed by atoms with Gasteiger partial charge in [0.1, 0.15) is 23.5 Å². The van der Waals surface area contributed by atoms with Crippen molar-refractivity contribution >= 4 is 39.7 Å². The summed E-state index contributed by atoms with van der Waals surface area (Å²) in [4.78, 5) is 21.3. The third kappa shape index (κ3) is 3.14. The van der Waals surface area contributed by atoms with E-state index in [4.69, 9.17) is 5.73 Å². The third-order valence-corrected chi connectivity index (χ3v) is 5.22. The number of benzene rings is 1. The highest BCUT2D eigenvalue weighted by Crippen LogP contribution is 2.24. The Labute approximate surface area is 168 Å². The molecule has 0 bridgehead atoms. The van der Waals surface area contributed by atoms with Gasteiger partial charge in [-0.3, -0.25) is 9.36 Å². The molecule has 0 fully saturated rings. The molecule has 0 saturated carbocycles. The summed E-state index contributed by atoms with van der Waals surface area (Å²) in [6.07, 6.45) is 3.16. The average Bonchev–Trinajstić information content (AvgIpc) is 3.15. The van der Waals surface area contributed by atoms with Crippen molar-refractivity contribution in [3.63, 3.8) is 0 Å². The largest absolute Gasteiger partial charge is 0.383 e. The number of nitrogens with zero attached hydrogens (tertiary/aromatic N) is 5. The van der Waals surface area contributed by atoms with Crippen LogP contribution < -0.4 is 16.6 Å². The molecule has 136 valence electrons. The fraction of sp³-hybridized carbons (Fsp3) is 0.111. The molecule has 3 heterocycles. The predicted octanol–water partition coefficient (Wildman–Crippen LogP) is 2.64. The van der Waals surface area contributed by atoms with Gasteiger partial charge in [-0.25, -0.2) is 14.5 Å². The minimum atomic E-state index is -0.312. The fourth-order valence-electron chi connectivity index (χ4n) is 2.86. The molecule has 27 heavy (non-hydrogen) atoms. The Morgan fingerprint density at radius 2 is 1.93 bits per heavy atom. The number of halogens is 1. The second-order valence-corrected chi connectivity index (χ2v) is 7.04. The Balaban J connectivity index is 1.87. The lowest BCUT2D eigenvalue weighted by molar-refractivity contribution is 0.672. The van der Waals surface area contributed by atoms with Gasteiger partial charge in [0, 0.05) is 6.20 Å². The highest BCUT2D eigenvalue weighted by Gasteiger charge is 2.19. The molecule has 9 heteroatoms. The van der Waals surface area contributed by atoms with Gasteiger partial charge >= 0.3 is 0 Å². The molecule has 0 saturated heterocycles. The molecule has 0 aliphatic heterocycles.